The predicted octanol–water partition coefficient (Wildman–Crippen LogP) is 0.996. The molecular formula is C15H20NO3S2+. The van der Waals surface area contributed by atoms with Crippen molar-refractivity contribution < 1.29 is 13.2 Å². The third-order valence-electron chi connectivity index (χ3n) is 4.30. The summed E-state index contributed by atoms with van der Waals surface area (Å²) in [5, 5.41) is 0.0727. The van der Waals surface area contributed by atoms with Crippen molar-refractivity contribution >= 4 is 26.7 Å². The number of carbonyl (C=O) groups excluding carboxylic acids is 1. The molecule has 1 atom stereocenters. The number of Topliss-reactive ketones (excluding diaryl/α,β-unsaturated/α-hetero) is 1. The maximum absolute atomic E-state index is 12.6. The van der Waals surface area contributed by atoms with Gasteiger partial charge in [0.15, 0.2) is 5.25 Å². The van der Waals surface area contributed by atoms with Crippen LogP contribution in [0.15, 0.2) is 18.2 Å². The molecule has 0 saturated carbocycles. The molecule has 6 heteroatoms. The monoisotopic (exact) mass is 326 g/mol. The molecule has 1 aliphatic heterocycles. The lowest BCUT2D eigenvalue weighted by atomic mass is 10.1. The third-order valence-corrected chi connectivity index (χ3v) is 8.20. The number of ketones is 1. The van der Waals surface area contributed by atoms with Crippen molar-refractivity contribution in [1.82, 2.24) is 4.31 Å². The Kier molecular flexibility index (Phi) is 3.88. The molecule has 2 aliphatic rings. The van der Waals surface area contributed by atoms with Crippen LogP contribution in [0.2, 0.25) is 0 Å². The number of benzene rings is 1. The van der Waals surface area contributed by atoms with Gasteiger partial charge in [-0.1, -0.05) is 23.8 Å². The van der Waals surface area contributed by atoms with Gasteiger partial charge in [0.1, 0.15) is 11.5 Å². The Balaban J connectivity index is 1.72. The van der Waals surface area contributed by atoms with Crippen molar-refractivity contribution in [3.63, 3.8) is 0 Å². The molecule has 0 N–H and O–H groups in total. The molecule has 0 radical (unpaired) electrons. The summed E-state index contributed by atoms with van der Waals surface area (Å²) in [6, 6.07) is 6.06. The van der Waals surface area contributed by atoms with Gasteiger partial charge < -0.3 is 0 Å². The molecule has 3 rings (SSSR count). The lowest BCUT2D eigenvalue weighted by Gasteiger charge is -2.26. The highest BCUT2D eigenvalue weighted by molar-refractivity contribution is 7.98. The lowest BCUT2D eigenvalue weighted by Crippen LogP contribution is -2.47. The molecule has 1 aromatic rings. The van der Waals surface area contributed by atoms with Crippen molar-refractivity contribution in [1.29, 1.82) is 0 Å². The summed E-state index contributed by atoms with van der Waals surface area (Å²) in [6.45, 7) is 3.16. The largest absolute Gasteiger partial charge is 0.288 e. The second kappa shape index (κ2) is 5.41. The standard InChI is InChI=1S/C15H20NO3S2/c1-11-3-4-13-12(9-11)10-14(15(13)17)20-7-5-16(6-8-20)21(2,18)19/h3-4,9,14H,5-8,10H2,1-2H3/q+1. The van der Waals surface area contributed by atoms with Gasteiger partial charge in [-0.2, -0.15) is 4.31 Å². The number of aryl methyl sites for hydroxylation is 1. The molecule has 0 aromatic heterocycles. The highest BCUT2D eigenvalue weighted by Gasteiger charge is 2.45. The lowest BCUT2D eigenvalue weighted by molar-refractivity contribution is 0.0999. The summed E-state index contributed by atoms with van der Waals surface area (Å²) in [6.07, 6.45) is 2.09. The van der Waals surface area contributed by atoms with E-state index in [4.69, 9.17) is 0 Å². The summed E-state index contributed by atoms with van der Waals surface area (Å²) in [4.78, 5) is 12.6. The van der Waals surface area contributed by atoms with Crippen molar-refractivity contribution in [2.75, 3.05) is 30.9 Å². The first-order valence-electron chi connectivity index (χ1n) is 7.11. The fourth-order valence-electron chi connectivity index (χ4n) is 3.14. The molecule has 1 fully saturated rings. The maximum Gasteiger partial charge on any atom is 0.215 e. The van der Waals surface area contributed by atoms with Gasteiger partial charge >= 0.3 is 0 Å². The van der Waals surface area contributed by atoms with E-state index in [9.17, 15) is 13.2 Å². The van der Waals surface area contributed by atoms with E-state index in [1.807, 2.05) is 19.1 Å². The van der Waals surface area contributed by atoms with Gasteiger partial charge in [-0.05, 0) is 12.5 Å². The highest BCUT2D eigenvalue weighted by Crippen LogP contribution is 2.30. The zero-order chi connectivity index (χ0) is 15.2. The van der Waals surface area contributed by atoms with E-state index in [1.165, 1.54) is 21.7 Å². The Morgan fingerprint density at radius 3 is 2.52 bits per heavy atom. The Morgan fingerprint density at radius 1 is 1.24 bits per heavy atom. The smallest absolute Gasteiger partial charge is 0.215 e. The molecule has 114 valence electrons. The topological polar surface area (TPSA) is 54.5 Å². The zero-order valence-corrected chi connectivity index (χ0v) is 14.0. The van der Waals surface area contributed by atoms with Crippen molar-refractivity contribution in [3.8, 4) is 0 Å². The molecule has 1 aliphatic carbocycles. The van der Waals surface area contributed by atoms with Crippen molar-refractivity contribution in [3.05, 3.63) is 34.9 Å². The maximum atomic E-state index is 12.6. The SMILES string of the molecule is Cc1ccc2c(c1)CC([S+]1CCN(S(C)(=O)=O)CC1)C2=O. The zero-order valence-electron chi connectivity index (χ0n) is 12.3. The molecule has 0 bridgehead atoms. The van der Waals surface area contributed by atoms with Crippen LogP contribution in [-0.2, 0) is 27.3 Å². The molecule has 0 amide bonds. The average molecular weight is 326 g/mol. The number of hydrogen-bond donors (Lipinski definition) is 0. The Morgan fingerprint density at radius 2 is 1.90 bits per heavy atom. The van der Waals surface area contributed by atoms with Crippen molar-refractivity contribution in [2.45, 2.75) is 18.6 Å². The van der Waals surface area contributed by atoms with Crippen LogP contribution in [0.5, 0.6) is 0 Å². The van der Waals surface area contributed by atoms with Gasteiger partial charge in [0.05, 0.1) is 19.3 Å². The predicted molar refractivity (Wildman–Crippen MR) is 86.5 cm³/mol. The Bertz CT molecular complexity index is 676. The first kappa shape index (κ1) is 15.1. The van der Waals surface area contributed by atoms with Crippen LogP contribution in [0.3, 0.4) is 0 Å². The van der Waals surface area contributed by atoms with Crippen LogP contribution in [0.4, 0.5) is 0 Å². The second-order valence-corrected chi connectivity index (χ2v) is 10.3. The molecule has 1 heterocycles. The molecule has 1 saturated heterocycles. The van der Waals surface area contributed by atoms with Gasteiger partial charge in [0.25, 0.3) is 0 Å². The molecule has 4 nitrogen and oxygen atoms in total. The number of rotatable bonds is 2. The molecule has 1 aromatic carbocycles. The number of carbonyl (C=O) groups is 1. The van der Waals surface area contributed by atoms with E-state index in [1.54, 1.807) is 0 Å². The minimum absolute atomic E-state index is 0.00589. The molecule has 21 heavy (non-hydrogen) atoms. The van der Waals surface area contributed by atoms with E-state index in [0.29, 0.717) is 13.1 Å². The average Bonchev–Trinajstić information content (AvgIpc) is 2.74. The summed E-state index contributed by atoms with van der Waals surface area (Å²) in [5.74, 6) is 1.90. The summed E-state index contributed by atoms with van der Waals surface area (Å²) in [5.41, 5.74) is 3.24. The van der Waals surface area contributed by atoms with E-state index >= 15 is 0 Å². The first-order chi connectivity index (χ1) is 9.86. The third kappa shape index (κ3) is 2.89. The van der Waals surface area contributed by atoms with Gasteiger partial charge in [-0.15, -0.1) is 0 Å². The fourth-order valence-corrected chi connectivity index (χ4v) is 6.74. The van der Waals surface area contributed by atoms with Crippen LogP contribution in [0.25, 0.3) is 0 Å². The number of fused-ring (bicyclic) bond motifs is 1. The van der Waals surface area contributed by atoms with Gasteiger partial charge in [-0.3, -0.25) is 4.79 Å². The summed E-state index contributed by atoms with van der Waals surface area (Å²) >= 11 is 0. The van der Waals surface area contributed by atoms with Crippen LogP contribution in [0.1, 0.15) is 21.5 Å². The van der Waals surface area contributed by atoms with E-state index < -0.39 is 10.0 Å². The molecular weight excluding hydrogens is 306 g/mol. The number of hydrogen-bond acceptors (Lipinski definition) is 3. The first-order valence-corrected chi connectivity index (χ1v) is 10.6. The van der Waals surface area contributed by atoms with E-state index in [2.05, 4.69) is 6.07 Å². The summed E-state index contributed by atoms with van der Waals surface area (Å²) < 4.78 is 24.6. The molecule has 1 unspecified atom stereocenters. The van der Waals surface area contributed by atoms with Crippen LogP contribution >= 0.6 is 0 Å². The highest BCUT2D eigenvalue weighted by atomic mass is 32.2. The normalized spacial score (nSPS) is 24.3. The quantitative estimate of drug-likeness (QED) is 0.762. The number of nitrogens with zero attached hydrogens (tertiary/aromatic N) is 1. The Labute approximate surface area is 128 Å². The fraction of sp³-hybridized carbons (Fsp3) is 0.533. The minimum atomic E-state index is -3.09. The second-order valence-electron chi connectivity index (χ2n) is 5.83. The summed E-state index contributed by atoms with van der Waals surface area (Å²) in [7, 11) is -3.09. The minimum Gasteiger partial charge on any atom is -0.288 e. The molecule has 0 spiro atoms. The van der Waals surface area contributed by atoms with Crippen LogP contribution in [0, 0.1) is 6.92 Å². The van der Waals surface area contributed by atoms with Gasteiger partial charge in [0, 0.05) is 22.9 Å². The van der Waals surface area contributed by atoms with E-state index in [0.717, 1.165) is 23.5 Å². The van der Waals surface area contributed by atoms with Crippen LogP contribution < -0.4 is 0 Å². The Hall–Kier alpha value is -0.850. The van der Waals surface area contributed by atoms with Gasteiger partial charge in [-0.25, -0.2) is 8.42 Å². The van der Waals surface area contributed by atoms with Crippen LogP contribution in [-0.4, -0.2) is 54.6 Å². The van der Waals surface area contributed by atoms with E-state index in [-0.39, 0.29) is 21.9 Å². The van der Waals surface area contributed by atoms with Gasteiger partial charge in [0.2, 0.25) is 15.8 Å². The van der Waals surface area contributed by atoms with Crippen molar-refractivity contribution in [2.24, 2.45) is 0 Å². The number of sulfonamides is 1.